The first-order chi connectivity index (χ1) is 7.00. The molecule has 1 aromatic rings. The fourth-order valence-corrected chi connectivity index (χ4v) is 2.15. The molecule has 0 fully saturated rings. The lowest BCUT2D eigenvalue weighted by Gasteiger charge is -2.15. The lowest BCUT2D eigenvalue weighted by Crippen LogP contribution is -2.26. The zero-order valence-corrected chi connectivity index (χ0v) is 11.5. The Morgan fingerprint density at radius 2 is 2.07 bits per heavy atom. The molecular weight excluding hydrogens is 273 g/mol. The summed E-state index contributed by atoms with van der Waals surface area (Å²) in [6.07, 6.45) is 1.93. The summed E-state index contributed by atoms with van der Waals surface area (Å²) in [5.74, 6) is 0.527. The fourth-order valence-electron chi connectivity index (χ4n) is 1.38. The van der Waals surface area contributed by atoms with Gasteiger partial charge in [-0.05, 0) is 36.5 Å². The Morgan fingerprint density at radius 1 is 1.40 bits per heavy atom. The van der Waals surface area contributed by atoms with E-state index in [-0.39, 0.29) is 6.04 Å². The molecule has 0 amide bonds. The number of halogens is 2. The van der Waals surface area contributed by atoms with Gasteiger partial charge in [-0.2, -0.15) is 0 Å². The molecule has 1 unspecified atom stereocenters. The molecule has 84 valence electrons. The topological polar surface area (TPSA) is 26.0 Å². The standard InChI is InChI=1S/C12H17BrClN/c1-8(2)12(15)6-4-9-3-5-10(13)7-11(9)14/h3,5,7-8,12H,4,6,15H2,1-2H3. The molecule has 0 saturated heterocycles. The highest BCUT2D eigenvalue weighted by molar-refractivity contribution is 9.10. The molecule has 15 heavy (non-hydrogen) atoms. The van der Waals surface area contributed by atoms with E-state index < -0.39 is 0 Å². The summed E-state index contributed by atoms with van der Waals surface area (Å²) in [4.78, 5) is 0. The van der Waals surface area contributed by atoms with Crippen LogP contribution >= 0.6 is 27.5 Å². The SMILES string of the molecule is CC(C)C(N)CCc1ccc(Br)cc1Cl. The summed E-state index contributed by atoms with van der Waals surface area (Å²) in [6, 6.07) is 6.25. The number of rotatable bonds is 4. The second kappa shape index (κ2) is 5.88. The largest absolute Gasteiger partial charge is 0.327 e. The lowest BCUT2D eigenvalue weighted by molar-refractivity contribution is 0.464. The van der Waals surface area contributed by atoms with Crippen molar-refractivity contribution in [3.8, 4) is 0 Å². The van der Waals surface area contributed by atoms with E-state index in [0.717, 1.165) is 22.3 Å². The first-order valence-electron chi connectivity index (χ1n) is 5.20. The van der Waals surface area contributed by atoms with Crippen molar-refractivity contribution in [2.45, 2.75) is 32.7 Å². The zero-order valence-electron chi connectivity index (χ0n) is 9.13. The molecule has 0 aliphatic heterocycles. The van der Waals surface area contributed by atoms with Gasteiger partial charge in [-0.1, -0.05) is 47.4 Å². The monoisotopic (exact) mass is 289 g/mol. The quantitative estimate of drug-likeness (QED) is 0.890. The fraction of sp³-hybridized carbons (Fsp3) is 0.500. The van der Waals surface area contributed by atoms with Crippen LogP contribution < -0.4 is 5.73 Å². The molecule has 0 spiro atoms. The van der Waals surface area contributed by atoms with Crippen LogP contribution in [-0.4, -0.2) is 6.04 Å². The van der Waals surface area contributed by atoms with Crippen LogP contribution in [0.1, 0.15) is 25.8 Å². The van der Waals surface area contributed by atoms with E-state index in [4.69, 9.17) is 17.3 Å². The van der Waals surface area contributed by atoms with E-state index in [1.165, 1.54) is 5.56 Å². The van der Waals surface area contributed by atoms with Gasteiger partial charge >= 0.3 is 0 Å². The van der Waals surface area contributed by atoms with Crippen LogP contribution in [-0.2, 0) is 6.42 Å². The molecule has 0 bridgehead atoms. The third kappa shape index (κ3) is 4.13. The molecule has 3 heteroatoms. The van der Waals surface area contributed by atoms with Gasteiger partial charge in [0.15, 0.2) is 0 Å². The molecule has 1 atom stereocenters. The predicted molar refractivity (Wildman–Crippen MR) is 70.3 cm³/mol. The average Bonchev–Trinajstić information content (AvgIpc) is 2.15. The van der Waals surface area contributed by atoms with Gasteiger partial charge in [0.1, 0.15) is 0 Å². The number of aryl methyl sites for hydroxylation is 1. The molecule has 0 aliphatic carbocycles. The molecule has 1 aromatic carbocycles. The number of hydrogen-bond donors (Lipinski definition) is 1. The van der Waals surface area contributed by atoms with Crippen LogP contribution in [0.25, 0.3) is 0 Å². The van der Waals surface area contributed by atoms with E-state index in [1.807, 2.05) is 12.1 Å². The van der Waals surface area contributed by atoms with Gasteiger partial charge in [-0.3, -0.25) is 0 Å². The minimum absolute atomic E-state index is 0.254. The molecule has 0 heterocycles. The summed E-state index contributed by atoms with van der Waals surface area (Å²) >= 11 is 9.51. The Hall–Kier alpha value is -0.0500. The summed E-state index contributed by atoms with van der Waals surface area (Å²) < 4.78 is 1.02. The number of benzene rings is 1. The second-order valence-electron chi connectivity index (χ2n) is 4.18. The maximum absolute atomic E-state index is 6.12. The van der Waals surface area contributed by atoms with Crippen LogP contribution in [0.3, 0.4) is 0 Å². The van der Waals surface area contributed by atoms with Gasteiger partial charge < -0.3 is 5.73 Å². The maximum atomic E-state index is 6.12. The third-order valence-corrected chi connectivity index (χ3v) is 3.46. The minimum Gasteiger partial charge on any atom is -0.327 e. The summed E-state index contributed by atoms with van der Waals surface area (Å²) in [5, 5.41) is 0.820. The first-order valence-corrected chi connectivity index (χ1v) is 6.37. The van der Waals surface area contributed by atoms with Gasteiger partial charge in [0.2, 0.25) is 0 Å². The Morgan fingerprint density at radius 3 is 2.60 bits per heavy atom. The van der Waals surface area contributed by atoms with Crippen molar-refractivity contribution in [3.05, 3.63) is 33.3 Å². The first kappa shape index (κ1) is 13.0. The number of nitrogens with two attached hydrogens (primary N) is 1. The van der Waals surface area contributed by atoms with Crippen molar-refractivity contribution >= 4 is 27.5 Å². The Bertz CT molecular complexity index is 325. The normalized spacial score (nSPS) is 13.2. The van der Waals surface area contributed by atoms with Crippen molar-refractivity contribution < 1.29 is 0 Å². The van der Waals surface area contributed by atoms with E-state index in [1.54, 1.807) is 0 Å². The van der Waals surface area contributed by atoms with E-state index >= 15 is 0 Å². The van der Waals surface area contributed by atoms with Gasteiger partial charge in [-0.25, -0.2) is 0 Å². The van der Waals surface area contributed by atoms with Gasteiger partial charge in [-0.15, -0.1) is 0 Å². The second-order valence-corrected chi connectivity index (χ2v) is 5.51. The zero-order chi connectivity index (χ0) is 11.4. The molecule has 0 aliphatic rings. The van der Waals surface area contributed by atoms with Crippen molar-refractivity contribution in [1.29, 1.82) is 0 Å². The smallest absolute Gasteiger partial charge is 0.0449 e. The van der Waals surface area contributed by atoms with E-state index in [2.05, 4.69) is 35.8 Å². The van der Waals surface area contributed by atoms with Gasteiger partial charge in [0.25, 0.3) is 0 Å². The molecule has 1 rings (SSSR count). The Balaban J connectivity index is 2.58. The highest BCUT2D eigenvalue weighted by Crippen LogP contribution is 2.23. The highest BCUT2D eigenvalue weighted by atomic mass is 79.9. The molecule has 2 N–H and O–H groups in total. The maximum Gasteiger partial charge on any atom is 0.0449 e. The summed E-state index contributed by atoms with van der Waals surface area (Å²) in [6.45, 7) is 4.29. The van der Waals surface area contributed by atoms with Crippen molar-refractivity contribution in [2.24, 2.45) is 11.7 Å². The molecule has 0 radical (unpaired) electrons. The van der Waals surface area contributed by atoms with E-state index in [0.29, 0.717) is 5.92 Å². The van der Waals surface area contributed by atoms with Crippen LogP contribution in [0.4, 0.5) is 0 Å². The Kier molecular flexibility index (Phi) is 5.10. The van der Waals surface area contributed by atoms with Crippen molar-refractivity contribution in [2.75, 3.05) is 0 Å². The van der Waals surface area contributed by atoms with Gasteiger partial charge in [0.05, 0.1) is 0 Å². The average molecular weight is 291 g/mol. The third-order valence-electron chi connectivity index (χ3n) is 2.62. The summed E-state index contributed by atoms with van der Waals surface area (Å²) in [7, 11) is 0. The molecule has 0 aromatic heterocycles. The molecule has 0 saturated carbocycles. The lowest BCUT2D eigenvalue weighted by atomic mass is 9.98. The van der Waals surface area contributed by atoms with Crippen molar-refractivity contribution in [1.82, 2.24) is 0 Å². The van der Waals surface area contributed by atoms with Gasteiger partial charge in [0, 0.05) is 15.5 Å². The minimum atomic E-state index is 0.254. The van der Waals surface area contributed by atoms with Crippen LogP contribution in [0.2, 0.25) is 5.02 Å². The predicted octanol–water partition coefficient (Wildman–Crippen LogP) is 4.02. The van der Waals surface area contributed by atoms with Crippen LogP contribution in [0.5, 0.6) is 0 Å². The van der Waals surface area contributed by atoms with Crippen LogP contribution in [0, 0.1) is 5.92 Å². The summed E-state index contributed by atoms with van der Waals surface area (Å²) in [5.41, 5.74) is 7.17. The molecular formula is C12H17BrClN. The van der Waals surface area contributed by atoms with Crippen LogP contribution in [0.15, 0.2) is 22.7 Å². The highest BCUT2D eigenvalue weighted by Gasteiger charge is 2.09. The molecule has 1 nitrogen and oxygen atoms in total. The Labute approximate surface area is 105 Å². The van der Waals surface area contributed by atoms with E-state index in [9.17, 15) is 0 Å². The van der Waals surface area contributed by atoms with Crippen molar-refractivity contribution in [3.63, 3.8) is 0 Å². The number of hydrogen-bond acceptors (Lipinski definition) is 1.